The largest absolute Gasteiger partial charge is 0.454 e. The van der Waals surface area contributed by atoms with Crippen LogP contribution in [0, 0.1) is 17.8 Å². The van der Waals surface area contributed by atoms with Gasteiger partial charge in [0.15, 0.2) is 11.5 Å². The monoisotopic (exact) mass is 326 g/mol. The normalized spacial score (nSPS) is 31.6. The van der Waals surface area contributed by atoms with Crippen LogP contribution in [0.3, 0.4) is 0 Å². The van der Waals surface area contributed by atoms with E-state index in [4.69, 9.17) is 9.47 Å². The van der Waals surface area contributed by atoms with Crippen LogP contribution in [-0.4, -0.2) is 45.6 Å². The van der Waals surface area contributed by atoms with Gasteiger partial charge < -0.3 is 19.7 Å². The molecule has 6 rings (SSSR count). The summed E-state index contributed by atoms with van der Waals surface area (Å²) in [6, 6.07) is 5.51. The highest BCUT2D eigenvalue weighted by Gasteiger charge is 2.44. The fourth-order valence-electron chi connectivity index (χ4n) is 4.77. The molecule has 1 aromatic rings. The van der Waals surface area contributed by atoms with Crippen LogP contribution in [0.5, 0.6) is 11.5 Å². The summed E-state index contributed by atoms with van der Waals surface area (Å²) < 4.78 is 10.6. The van der Waals surface area contributed by atoms with Gasteiger partial charge in [-0.15, -0.1) is 0 Å². The maximum atomic E-state index is 12.4. The molecule has 1 aromatic carbocycles. The van der Waals surface area contributed by atoms with E-state index in [2.05, 4.69) is 10.2 Å². The summed E-state index contributed by atoms with van der Waals surface area (Å²) in [6.07, 6.45) is 4.38. The second kappa shape index (κ2) is 5.85. The molecular weight excluding hydrogens is 303 g/mol. The van der Waals surface area contributed by atoms with Crippen molar-refractivity contribution in [2.45, 2.75) is 12.8 Å². The smallest absolute Gasteiger partial charge is 0.248 e. The van der Waals surface area contributed by atoms with Crippen LogP contribution >= 0.6 is 0 Å². The van der Waals surface area contributed by atoms with Gasteiger partial charge in [-0.3, -0.25) is 4.79 Å². The maximum Gasteiger partial charge on any atom is 0.248 e. The predicted octanol–water partition coefficient (Wildman–Crippen LogP) is 1.07. The molecule has 3 saturated heterocycles. The molecule has 5 nitrogen and oxygen atoms in total. The van der Waals surface area contributed by atoms with Crippen molar-refractivity contribution in [3.8, 4) is 11.5 Å². The Balaban J connectivity index is 0.00000146. The number of carbonyl (C=O) groups excluding carboxylic acids is 1. The molecule has 4 heterocycles. The second-order valence-electron chi connectivity index (χ2n) is 7.15. The number of hydrogen-bond acceptors (Lipinski definition) is 4. The first-order valence-corrected chi connectivity index (χ1v) is 8.39. The number of rotatable bonds is 2. The summed E-state index contributed by atoms with van der Waals surface area (Å²) >= 11 is 0. The summed E-state index contributed by atoms with van der Waals surface area (Å²) in [5, 5.41) is 2.97. The Hall–Kier alpha value is -1.95. The van der Waals surface area contributed by atoms with Gasteiger partial charge in [0, 0.05) is 37.5 Å². The van der Waals surface area contributed by atoms with Gasteiger partial charge >= 0.3 is 0 Å². The van der Waals surface area contributed by atoms with E-state index in [-0.39, 0.29) is 21.1 Å². The molecule has 4 fully saturated rings. The second-order valence-corrected chi connectivity index (χ2v) is 7.15. The quantitative estimate of drug-likeness (QED) is 0.652. The molecule has 1 aliphatic carbocycles. The van der Waals surface area contributed by atoms with Crippen molar-refractivity contribution in [2.24, 2.45) is 17.8 Å². The summed E-state index contributed by atoms with van der Waals surface area (Å²) in [5.41, 5.74) is 2.12. The van der Waals surface area contributed by atoms with Crippen molar-refractivity contribution >= 4 is 20.0 Å². The number of hydrogen-bond donors (Lipinski definition) is 1. The van der Waals surface area contributed by atoms with Crippen molar-refractivity contribution in [1.29, 1.82) is 0 Å². The molecule has 1 saturated carbocycles. The maximum absolute atomic E-state index is 12.4. The lowest BCUT2D eigenvalue weighted by Gasteiger charge is -2.53. The Labute approximate surface area is 143 Å². The van der Waals surface area contributed by atoms with Crippen LogP contribution in [0.25, 0.3) is 0 Å². The first-order chi connectivity index (χ1) is 11.2. The van der Waals surface area contributed by atoms with Gasteiger partial charge in [-0.25, -0.2) is 0 Å². The van der Waals surface area contributed by atoms with Crippen LogP contribution in [0.2, 0.25) is 0 Å². The zero-order valence-corrected chi connectivity index (χ0v) is 13.0. The van der Waals surface area contributed by atoms with Crippen molar-refractivity contribution in [3.05, 3.63) is 29.8 Å². The van der Waals surface area contributed by atoms with Gasteiger partial charge in [-0.05, 0) is 42.7 Å². The number of piperidine rings is 3. The molecule has 0 radical (unpaired) electrons. The van der Waals surface area contributed by atoms with Crippen molar-refractivity contribution in [1.82, 2.24) is 4.90 Å². The molecule has 2 unspecified atom stereocenters. The third-order valence-corrected chi connectivity index (χ3v) is 5.59. The summed E-state index contributed by atoms with van der Waals surface area (Å²) in [6.45, 7) is 3.79. The van der Waals surface area contributed by atoms with E-state index >= 15 is 0 Å². The molecule has 1 N–H and O–H groups in total. The van der Waals surface area contributed by atoms with E-state index in [1.54, 1.807) is 0 Å². The van der Waals surface area contributed by atoms with Crippen molar-refractivity contribution in [3.63, 3.8) is 0 Å². The predicted molar refractivity (Wildman–Crippen MR) is 95.4 cm³/mol. The minimum Gasteiger partial charge on any atom is -0.454 e. The number of benzene rings is 1. The van der Waals surface area contributed by atoms with E-state index in [9.17, 15) is 4.79 Å². The number of fused-ring (bicyclic) bond motifs is 1. The number of amides is 1. The van der Waals surface area contributed by atoms with Crippen LogP contribution in [-0.2, 0) is 4.79 Å². The van der Waals surface area contributed by atoms with Gasteiger partial charge in [-0.2, -0.15) is 0 Å². The lowest BCUT2D eigenvalue weighted by molar-refractivity contribution is -0.112. The number of anilines is 1. The average Bonchev–Trinajstić information content (AvgIpc) is 2.98. The SMILES string of the molecule is B.O=C(C=C1C2CC3CC1CN(C3)C2)Nc1ccc2c(c1)OCO2. The van der Waals surface area contributed by atoms with E-state index in [0.717, 1.165) is 30.4 Å². The van der Waals surface area contributed by atoms with E-state index in [1.165, 1.54) is 25.0 Å². The summed E-state index contributed by atoms with van der Waals surface area (Å²) in [7, 11) is 0. The molecular formula is C18H23BN2O3. The highest BCUT2D eigenvalue weighted by Crippen LogP contribution is 2.46. The standard InChI is InChI=1S/C18H20N2O3.BH3/c21-18(19-14-1-2-16-17(5-14)23-10-22-16)6-15-12-3-11-4-13(15)9-20(7-11)8-12;/h1-2,5-6,11-13H,3-4,7-10H2,(H,19,21);1H3. The third kappa shape index (κ3) is 2.59. The molecule has 24 heavy (non-hydrogen) atoms. The van der Waals surface area contributed by atoms with E-state index in [0.29, 0.717) is 17.6 Å². The Morgan fingerprint density at radius 2 is 1.88 bits per heavy atom. The van der Waals surface area contributed by atoms with Crippen LogP contribution in [0.15, 0.2) is 29.8 Å². The fraction of sp³-hybridized carbons (Fsp3) is 0.500. The topological polar surface area (TPSA) is 50.8 Å². The van der Waals surface area contributed by atoms with E-state index in [1.807, 2.05) is 24.3 Å². The lowest BCUT2D eigenvalue weighted by Crippen LogP contribution is -2.54. The Kier molecular flexibility index (Phi) is 3.79. The Morgan fingerprint density at radius 1 is 1.12 bits per heavy atom. The van der Waals surface area contributed by atoms with E-state index < -0.39 is 0 Å². The van der Waals surface area contributed by atoms with Gasteiger partial charge in [0.25, 0.3) is 0 Å². The zero-order valence-electron chi connectivity index (χ0n) is 13.0. The highest BCUT2D eigenvalue weighted by atomic mass is 16.7. The molecule has 5 aliphatic rings. The summed E-state index contributed by atoms with van der Waals surface area (Å²) in [4.78, 5) is 15.0. The Morgan fingerprint density at radius 3 is 2.62 bits per heavy atom. The molecule has 4 aliphatic heterocycles. The molecule has 0 aromatic heterocycles. The molecule has 4 bridgehead atoms. The Bertz CT molecular complexity index is 674. The molecule has 2 atom stereocenters. The number of nitrogens with one attached hydrogen (secondary N) is 1. The molecule has 1 amide bonds. The zero-order chi connectivity index (χ0) is 15.4. The lowest BCUT2D eigenvalue weighted by atomic mass is 9.65. The van der Waals surface area contributed by atoms with Gasteiger partial charge in [-0.1, -0.05) is 5.57 Å². The minimum atomic E-state index is -0.0265. The van der Waals surface area contributed by atoms with Gasteiger partial charge in [0.05, 0.1) is 8.41 Å². The van der Waals surface area contributed by atoms with Crippen LogP contribution < -0.4 is 14.8 Å². The summed E-state index contributed by atoms with van der Waals surface area (Å²) in [5.74, 6) is 3.42. The van der Waals surface area contributed by atoms with Crippen LogP contribution in [0.4, 0.5) is 5.69 Å². The number of nitrogens with zero attached hydrogens (tertiary/aromatic N) is 1. The number of ether oxygens (including phenoxy) is 2. The number of carbonyl (C=O) groups is 1. The fourth-order valence-corrected chi connectivity index (χ4v) is 4.77. The first-order valence-electron chi connectivity index (χ1n) is 8.39. The van der Waals surface area contributed by atoms with Crippen molar-refractivity contribution < 1.29 is 14.3 Å². The van der Waals surface area contributed by atoms with Crippen molar-refractivity contribution in [2.75, 3.05) is 31.7 Å². The van der Waals surface area contributed by atoms with Gasteiger partial charge in [0.2, 0.25) is 12.7 Å². The first kappa shape index (κ1) is 15.6. The van der Waals surface area contributed by atoms with Gasteiger partial charge in [0.1, 0.15) is 0 Å². The molecule has 6 heteroatoms. The minimum absolute atomic E-state index is 0. The molecule has 126 valence electrons. The average molecular weight is 326 g/mol. The molecule has 0 spiro atoms. The third-order valence-electron chi connectivity index (χ3n) is 5.59. The van der Waals surface area contributed by atoms with Crippen LogP contribution in [0.1, 0.15) is 12.8 Å². The highest BCUT2D eigenvalue weighted by molar-refractivity contribution is 6.00.